The lowest BCUT2D eigenvalue weighted by atomic mass is 9.98. The van der Waals surface area contributed by atoms with E-state index in [4.69, 9.17) is 15.5 Å². The van der Waals surface area contributed by atoms with Gasteiger partial charge < -0.3 is 10.5 Å². The summed E-state index contributed by atoms with van der Waals surface area (Å²) in [4.78, 5) is 4.74. The zero-order valence-electron chi connectivity index (χ0n) is 11.6. The molecule has 0 unspecified atom stereocenters. The molecule has 0 aliphatic rings. The predicted molar refractivity (Wildman–Crippen MR) is 81.2 cm³/mol. The van der Waals surface area contributed by atoms with E-state index in [-0.39, 0.29) is 5.60 Å². The maximum absolute atomic E-state index is 6.00. The summed E-state index contributed by atoms with van der Waals surface area (Å²) in [5.41, 5.74) is 8.41. The third-order valence-electron chi connectivity index (χ3n) is 3.66. The van der Waals surface area contributed by atoms with E-state index in [1.165, 1.54) is 0 Å². The topological polar surface area (TPSA) is 48.1 Å². The molecule has 1 heterocycles. The van der Waals surface area contributed by atoms with Gasteiger partial charge in [0.25, 0.3) is 0 Å². The largest absolute Gasteiger partial charge is 0.398 e. The van der Waals surface area contributed by atoms with E-state index in [2.05, 4.69) is 19.2 Å². The molecule has 0 bridgehead atoms. The number of ether oxygens (including phenoxy) is 1. The highest BCUT2D eigenvalue weighted by atomic mass is 32.1. The Balaban J connectivity index is 2.42. The van der Waals surface area contributed by atoms with Crippen molar-refractivity contribution in [1.82, 2.24) is 4.98 Å². The molecule has 2 N–H and O–H groups in total. The molecule has 0 radical (unpaired) electrons. The molecule has 2 rings (SSSR count). The molecule has 0 saturated heterocycles. The minimum absolute atomic E-state index is 0.271. The molecule has 0 saturated carbocycles. The van der Waals surface area contributed by atoms with E-state index >= 15 is 0 Å². The monoisotopic (exact) mass is 276 g/mol. The van der Waals surface area contributed by atoms with E-state index < -0.39 is 0 Å². The minimum atomic E-state index is -0.271. The van der Waals surface area contributed by atoms with Crippen LogP contribution < -0.4 is 5.73 Å². The van der Waals surface area contributed by atoms with E-state index in [0.717, 1.165) is 34.8 Å². The normalized spacial score (nSPS) is 11.7. The lowest BCUT2D eigenvalue weighted by molar-refractivity contribution is -0.0218. The molecule has 0 aliphatic heterocycles. The molecule has 0 fully saturated rings. The number of nitrogen functional groups attached to an aromatic ring is 1. The summed E-state index contributed by atoms with van der Waals surface area (Å²) in [5.74, 6) is 0. The Bertz CT molecular complexity index is 538. The van der Waals surface area contributed by atoms with Gasteiger partial charge in [0.15, 0.2) is 0 Å². The summed E-state index contributed by atoms with van der Waals surface area (Å²) in [7, 11) is 1.75. The average molecular weight is 276 g/mol. The third kappa shape index (κ3) is 2.51. The zero-order valence-corrected chi connectivity index (χ0v) is 12.5. The third-order valence-corrected chi connectivity index (χ3v) is 4.69. The standard InChI is InChI=1S/C15H20N2OS/c1-4-15(5-2,18-3)14-17-13(10-19-14)11-8-6-7-9-12(11)16/h6-10H,4-5,16H2,1-3H3. The second kappa shape index (κ2) is 5.72. The van der Waals surface area contributed by atoms with Gasteiger partial charge in [0.2, 0.25) is 0 Å². The van der Waals surface area contributed by atoms with Crippen molar-refractivity contribution >= 4 is 17.0 Å². The van der Waals surface area contributed by atoms with Gasteiger partial charge in [-0.25, -0.2) is 4.98 Å². The molecule has 0 spiro atoms. The first-order valence-corrected chi connectivity index (χ1v) is 7.41. The van der Waals surface area contributed by atoms with Crippen LogP contribution in [-0.4, -0.2) is 12.1 Å². The number of hydrogen-bond donors (Lipinski definition) is 1. The van der Waals surface area contributed by atoms with Crippen molar-refractivity contribution in [1.29, 1.82) is 0 Å². The maximum Gasteiger partial charge on any atom is 0.125 e. The lowest BCUT2D eigenvalue weighted by Gasteiger charge is -2.27. The number of aromatic nitrogens is 1. The van der Waals surface area contributed by atoms with Crippen molar-refractivity contribution in [2.75, 3.05) is 12.8 Å². The molecule has 102 valence electrons. The maximum atomic E-state index is 6.00. The number of rotatable bonds is 5. The lowest BCUT2D eigenvalue weighted by Crippen LogP contribution is -2.26. The highest BCUT2D eigenvalue weighted by Crippen LogP contribution is 2.37. The van der Waals surface area contributed by atoms with E-state index in [0.29, 0.717) is 0 Å². The zero-order chi connectivity index (χ0) is 13.9. The molecule has 4 heteroatoms. The van der Waals surface area contributed by atoms with Gasteiger partial charge in [0.05, 0.1) is 5.69 Å². The highest BCUT2D eigenvalue weighted by Gasteiger charge is 2.31. The van der Waals surface area contributed by atoms with Crippen LogP contribution in [0.5, 0.6) is 0 Å². The van der Waals surface area contributed by atoms with Crippen LogP contribution in [0.25, 0.3) is 11.3 Å². The molecule has 1 aromatic heterocycles. The Morgan fingerprint density at radius 2 is 1.95 bits per heavy atom. The first-order chi connectivity index (χ1) is 9.16. The fourth-order valence-corrected chi connectivity index (χ4v) is 3.41. The average Bonchev–Trinajstić information content (AvgIpc) is 2.92. The molecule has 3 nitrogen and oxygen atoms in total. The molecule has 1 aromatic carbocycles. The van der Waals surface area contributed by atoms with E-state index in [1.54, 1.807) is 18.4 Å². The second-order valence-electron chi connectivity index (χ2n) is 4.53. The van der Waals surface area contributed by atoms with Crippen molar-refractivity contribution in [2.45, 2.75) is 32.3 Å². The number of anilines is 1. The number of methoxy groups -OCH3 is 1. The number of para-hydroxylation sites is 1. The van der Waals surface area contributed by atoms with Crippen LogP contribution >= 0.6 is 11.3 Å². The van der Waals surface area contributed by atoms with Crippen LogP contribution in [0, 0.1) is 0 Å². The number of benzene rings is 1. The highest BCUT2D eigenvalue weighted by molar-refractivity contribution is 7.10. The van der Waals surface area contributed by atoms with Crippen molar-refractivity contribution < 1.29 is 4.74 Å². The molecule has 19 heavy (non-hydrogen) atoms. The number of nitrogens with two attached hydrogens (primary N) is 1. The SMILES string of the molecule is CCC(CC)(OC)c1nc(-c2ccccc2N)cs1. The van der Waals surface area contributed by atoms with Crippen molar-refractivity contribution in [3.8, 4) is 11.3 Å². The van der Waals surface area contributed by atoms with Crippen LogP contribution in [-0.2, 0) is 10.3 Å². The second-order valence-corrected chi connectivity index (χ2v) is 5.39. The minimum Gasteiger partial charge on any atom is -0.398 e. The smallest absolute Gasteiger partial charge is 0.125 e. The van der Waals surface area contributed by atoms with Crippen molar-refractivity contribution in [2.24, 2.45) is 0 Å². The van der Waals surface area contributed by atoms with E-state index in [9.17, 15) is 0 Å². The predicted octanol–water partition coefficient (Wildman–Crippen LogP) is 4.05. The first kappa shape index (κ1) is 14.0. The van der Waals surface area contributed by atoms with Gasteiger partial charge in [-0.15, -0.1) is 11.3 Å². The van der Waals surface area contributed by atoms with E-state index in [1.807, 2.05) is 24.3 Å². The summed E-state index contributed by atoms with van der Waals surface area (Å²) in [5, 5.41) is 3.08. The van der Waals surface area contributed by atoms with Gasteiger partial charge in [-0.1, -0.05) is 32.0 Å². The summed E-state index contributed by atoms with van der Waals surface area (Å²) in [6, 6.07) is 7.82. The Kier molecular flexibility index (Phi) is 4.22. The van der Waals surface area contributed by atoms with Gasteiger partial charge in [0.1, 0.15) is 10.6 Å². The van der Waals surface area contributed by atoms with Crippen LogP contribution in [0.2, 0.25) is 0 Å². The molecule has 0 atom stereocenters. The molecular weight excluding hydrogens is 256 g/mol. The number of hydrogen-bond acceptors (Lipinski definition) is 4. The Labute approximate surface area is 118 Å². The number of nitrogens with zero attached hydrogens (tertiary/aromatic N) is 1. The van der Waals surface area contributed by atoms with Gasteiger partial charge in [-0.3, -0.25) is 0 Å². The number of thiazole rings is 1. The van der Waals surface area contributed by atoms with Crippen LogP contribution in [0.3, 0.4) is 0 Å². The molecular formula is C15H20N2OS. The molecule has 0 aliphatic carbocycles. The van der Waals surface area contributed by atoms with Gasteiger partial charge in [0, 0.05) is 23.7 Å². The quantitative estimate of drug-likeness (QED) is 0.838. The van der Waals surface area contributed by atoms with Gasteiger partial charge in [-0.05, 0) is 18.9 Å². The van der Waals surface area contributed by atoms with Gasteiger partial charge >= 0.3 is 0 Å². The van der Waals surface area contributed by atoms with Crippen LogP contribution in [0.4, 0.5) is 5.69 Å². The summed E-state index contributed by atoms with van der Waals surface area (Å²) < 4.78 is 5.72. The fourth-order valence-electron chi connectivity index (χ4n) is 2.27. The first-order valence-electron chi connectivity index (χ1n) is 6.53. The Morgan fingerprint density at radius 3 is 2.53 bits per heavy atom. The van der Waals surface area contributed by atoms with Crippen molar-refractivity contribution in [3.63, 3.8) is 0 Å². The summed E-state index contributed by atoms with van der Waals surface area (Å²) >= 11 is 1.64. The summed E-state index contributed by atoms with van der Waals surface area (Å²) in [6.07, 6.45) is 1.83. The fraction of sp³-hybridized carbons (Fsp3) is 0.400. The van der Waals surface area contributed by atoms with Crippen molar-refractivity contribution in [3.05, 3.63) is 34.7 Å². The van der Waals surface area contributed by atoms with Gasteiger partial charge in [-0.2, -0.15) is 0 Å². The summed E-state index contributed by atoms with van der Waals surface area (Å²) in [6.45, 7) is 4.26. The molecule has 2 aromatic rings. The Morgan fingerprint density at radius 1 is 1.26 bits per heavy atom. The van der Waals surface area contributed by atoms with Crippen LogP contribution in [0.1, 0.15) is 31.7 Å². The molecule has 0 amide bonds. The van der Waals surface area contributed by atoms with Crippen LogP contribution in [0.15, 0.2) is 29.6 Å². The Hall–Kier alpha value is -1.39.